The van der Waals surface area contributed by atoms with Crippen LogP contribution in [-0.4, -0.2) is 28.0 Å². The highest BCUT2D eigenvalue weighted by Gasteiger charge is 2.16. The van der Waals surface area contributed by atoms with Gasteiger partial charge in [0.1, 0.15) is 5.01 Å². The number of benzene rings is 1. The van der Waals surface area contributed by atoms with Crippen LogP contribution in [-0.2, 0) is 25.9 Å². The summed E-state index contributed by atoms with van der Waals surface area (Å²) in [4.78, 5) is 19.4. The van der Waals surface area contributed by atoms with Gasteiger partial charge < -0.3 is 5.11 Å². The molecule has 0 unspecified atom stereocenters. The number of fused-ring (bicyclic) bond motifs is 1. The minimum absolute atomic E-state index is 0.343. The molecule has 0 radical (unpaired) electrons. The van der Waals surface area contributed by atoms with Crippen molar-refractivity contribution in [1.29, 1.82) is 0 Å². The number of aryl methyl sites for hydroxylation is 2. The van der Waals surface area contributed by atoms with Crippen LogP contribution in [0.25, 0.3) is 0 Å². The van der Waals surface area contributed by atoms with Gasteiger partial charge in [0.05, 0.1) is 17.8 Å². The monoisotopic (exact) mass is 316 g/mol. The molecule has 0 aliphatic heterocycles. The molecule has 1 aliphatic carbocycles. The van der Waals surface area contributed by atoms with Crippen LogP contribution >= 0.6 is 11.3 Å². The van der Waals surface area contributed by atoms with Crippen LogP contribution in [0.4, 0.5) is 0 Å². The molecule has 1 aliphatic rings. The van der Waals surface area contributed by atoms with Gasteiger partial charge in [-0.15, -0.1) is 11.3 Å². The molecule has 116 valence electrons. The van der Waals surface area contributed by atoms with Crippen LogP contribution < -0.4 is 0 Å². The number of nitrogens with zero attached hydrogens (tertiary/aromatic N) is 2. The first-order valence-electron chi connectivity index (χ1n) is 7.60. The first-order chi connectivity index (χ1) is 10.6. The van der Waals surface area contributed by atoms with Crippen molar-refractivity contribution >= 4 is 17.3 Å². The summed E-state index contributed by atoms with van der Waals surface area (Å²) in [5.41, 5.74) is 2.66. The Kier molecular flexibility index (Phi) is 4.55. The highest BCUT2D eigenvalue weighted by molar-refractivity contribution is 7.11. The minimum Gasteiger partial charge on any atom is -0.478 e. The highest BCUT2D eigenvalue weighted by Crippen LogP contribution is 2.27. The lowest BCUT2D eigenvalue weighted by Crippen LogP contribution is -2.17. The number of aromatic carboxylic acids is 1. The van der Waals surface area contributed by atoms with Crippen molar-refractivity contribution < 1.29 is 9.90 Å². The first kappa shape index (κ1) is 15.2. The second-order valence-electron chi connectivity index (χ2n) is 5.86. The summed E-state index contributed by atoms with van der Waals surface area (Å²) in [6, 6.07) is 7.14. The number of carboxylic acid groups (broad SMARTS) is 1. The lowest BCUT2D eigenvalue weighted by atomic mass is 10.0. The first-order valence-corrected chi connectivity index (χ1v) is 8.41. The maximum Gasteiger partial charge on any atom is 0.335 e. The maximum absolute atomic E-state index is 11.0. The van der Waals surface area contributed by atoms with E-state index in [0.717, 1.165) is 25.1 Å². The van der Waals surface area contributed by atoms with Gasteiger partial charge in [0.15, 0.2) is 0 Å². The Morgan fingerprint density at radius 1 is 1.32 bits per heavy atom. The molecular formula is C17H20N2O2S. The fourth-order valence-corrected chi connectivity index (χ4v) is 4.11. The Hall–Kier alpha value is -1.72. The molecule has 0 saturated carbocycles. The molecule has 1 aromatic heterocycles. The SMILES string of the molecule is CN(Cc1cccc(C(=O)O)c1)Cc1nc2c(s1)CCCC2. The Morgan fingerprint density at radius 2 is 2.14 bits per heavy atom. The molecule has 4 nitrogen and oxygen atoms in total. The number of hydrogen-bond donors (Lipinski definition) is 1. The zero-order valence-corrected chi connectivity index (χ0v) is 13.5. The second kappa shape index (κ2) is 6.58. The van der Waals surface area contributed by atoms with Crippen LogP contribution in [0.5, 0.6) is 0 Å². The molecule has 1 aromatic carbocycles. The topological polar surface area (TPSA) is 53.4 Å². The summed E-state index contributed by atoms with van der Waals surface area (Å²) in [6.45, 7) is 1.54. The van der Waals surface area contributed by atoms with E-state index >= 15 is 0 Å². The van der Waals surface area contributed by atoms with Crippen LogP contribution in [0.15, 0.2) is 24.3 Å². The number of hydrogen-bond acceptors (Lipinski definition) is 4. The van der Waals surface area contributed by atoms with E-state index in [1.54, 1.807) is 18.2 Å². The van der Waals surface area contributed by atoms with Crippen LogP contribution in [0.2, 0.25) is 0 Å². The number of aromatic nitrogens is 1. The fourth-order valence-electron chi connectivity index (χ4n) is 2.87. The summed E-state index contributed by atoms with van der Waals surface area (Å²) >= 11 is 1.84. The number of carboxylic acids is 1. The zero-order valence-electron chi connectivity index (χ0n) is 12.7. The standard InChI is InChI=1S/C17H20N2O2S/c1-19(10-12-5-4-6-13(9-12)17(20)21)11-16-18-14-7-2-3-8-15(14)22-16/h4-6,9H,2-3,7-8,10-11H2,1H3,(H,20,21). The lowest BCUT2D eigenvalue weighted by molar-refractivity contribution is 0.0696. The summed E-state index contributed by atoms with van der Waals surface area (Å²) in [5.74, 6) is -0.878. The average Bonchev–Trinajstić information content (AvgIpc) is 2.89. The Labute approximate surface area is 134 Å². The number of rotatable bonds is 5. The van der Waals surface area contributed by atoms with Crippen molar-refractivity contribution in [3.8, 4) is 0 Å². The third kappa shape index (κ3) is 3.54. The molecule has 3 rings (SSSR count). The van der Waals surface area contributed by atoms with Gasteiger partial charge in [0.2, 0.25) is 0 Å². The Balaban J connectivity index is 1.64. The van der Waals surface area contributed by atoms with Gasteiger partial charge in [0.25, 0.3) is 0 Å². The van der Waals surface area contributed by atoms with Gasteiger partial charge in [-0.2, -0.15) is 0 Å². The third-order valence-electron chi connectivity index (χ3n) is 3.92. The predicted octanol–water partition coefficient (Wildman–Crippen LogP) is 3.35. The van der Waals surface area contributed by atoms with E-state index in [0.29, 0.717) is 5.56 Å². The summed E-state index contributed by atoms with van der Waals surface area (Å²) < 4.78 is 0. The van der Waals surface area contributed by atoms with E-state index in [4.69, 9.17) is 10.1 Å². The van der Waals surface area contributed by atoms with Crippen molar-refractivity contribution in [2.24, 2.45) is 0 Å². The van der Waals surface area contributed by atoms with Crippen molar-refractivity contribution in [3.63, 3.8) is 0 Å². The average molecular weight is 316 g/mol. The van der Waals surface area contributed by atoms with Gasteiger partial charge in [0, 0.05) is 11.4 Å². The maximum atomic E-state index is 11.0. The van der Waals surface area contributed by atoms with Crippen molar-refractivity contribution in [1.82, 2.24) is 9.88 Å². The van der Waals surface area contributed by atoms with E-state index in [1.165, 1.54) is 34.8 Å². The van der Waals surface area contributed by atoms with E-state index in [1.807, 2.05) is 24.5 Å². The molecule has 0 amide bonds. The van der Waals surface area contributed by atoms with Crippen LogP contribution in [0, 0.1) is 0 Å². The third-order valence-corrected chi connectivity index (χ3v) is 5.06. The van der Waals surface area contributed by atoms with Crippen molar-refractivity contribution in [3.05, 3.63) is 51.0 Å². The normalized spacial score (nSPS) is 14.1. The lowest BCUT2D eigenvalue weighted by Gasteiger charge is -2.15. The van der Waals surface area contributed by atoms with Crippen LogP contribution in [0.1, 0.15) is 44.3 Å². The van der Waals surface area contributed by atoms with Gasteiger partial charge >= 0.3 is 5.97 Å². The van der Waals surface area contributed by atoms with Crippen molar-refractivity contribution in [2.45, 2.75) is 38.8 Å². The van der Waals surface area contributed by atoms with E-state index in [9.17, 15) is 4.79 Å². The van der Waals surface area contributed by atoms with E-state index < -0.39 is 5.97 Å². The van der Waals surface area contributed by atoms with Gasteiger partial charge in [-0.1, -0.05) is 12.1 Å². The second-order valence-corrected chi connectivity index (χ2v) is 7.03. The van der Waals surface area contributed by atoms with Gasteiger partial charge in [-0.05, 0) is 50.4 Å². The number of thiazole rings is 1. The quantitative estimate of drug-likeness (QED) is 0.919. The summed E-state index contributed by atoms with van der Waals surface area (Å²) in [6.07, 6.45) is 4.84. The molecule has 0 bridgehead atoms. The molecule has 0 fully saturated rings. The predicted molar refractivity (Wildman–Crippen MR) is 87.3 cm³/mol. The van der Waals surface area contributed by atoms with Crippen molar-refractivity contribution in [2.75, 3.05) is 7.05 Å². The molecule has 5 heteroatoms. The number of carbonyl (C=O) groups is 1. The smallest absolute Gasteiger partial charge is 0.335 e. The largest absolute Gasteiger partial charge is 0.478 e. The molecule has 2 aromatic rings. The molecule has 0 saturated heterocycles. The van der Waals surface area contributed by atoms with Crippen LogP contribution in [0.3, 0.4) is 0 Å². The Morgan fingerprint density at radius 3 is 2.91 bits per heavy atom. The van der Waals surface area contributed by atoms with Gasteiger partial charge in [-0.25, -0.2) is 9.78 Å². The molecule has 0 atom stereocenters. The van der Waals surface area contributed by atoms with E-state index in [2.05, 4.69) is 4.90 Å². The Bertz CT molecular complexity index is 658. The molecular weight excluding hydrogens is 296 g/mol. The summed E-state index contributed by atoms with van der Waals surface area (Å²) in [7, 11) is 2.05. The fraction of sp³-hybridized carbons (Fsp3) is 0.412. The molecule has 1 N–H and O–H groups in total. The van der Waals surface area contributed by atoms with E-state index in [-0.39, 0.29) is 0 Å². The molecule has 1 heterocycles. The zero-order chi connectivity index (χ0) is 15.5. The minimum atomic E-state index is -0.878. The molecule has 0 spiro atoms. The summed E-state index contributed by atoms with van der Waals surface area (Å²) in [5, 5.41) is 10.2. The highest BCUT2D eigenvalue weighted by atomic mass is 32.1. The van der Waals surface area contributed by atoms with Gasteiger partial charge in [-0.3, -0.25) is 4.90 Å². The molecule has 22 heavy (non-hydrogen) atoms.